The average molecular weight is 403 g/mol. The Balaban J connectivity index is 1.82. The standard InChI is InChI=1S/C21H30N4O2S/c1-4-26-18-9-5-6-10-19(18)27-20-12-11-17(15-24-20)16-25-21(22-2)23-13-7-8-14-28-3/h5-6,9-12,15H,4,7-8,13-14,16H2,1-3H3,(H2,22,23,25). The first-order valence-corrected chi connectivity index (χ1v) is 10.9. The lowest BCUT2D eigenvalue weighted by Gasteiger charge is -2.12. The number of unbranched alkanes of at least 4 members (excludes halogenated alkanes) is 1. The number of thioether (sulfide) groups is 1. The molecule has 0 saturated heterocycles. The van der Waals surface area contributed by atoms with E-state index in [1.165, 1.54) is 12.2 Å². The largest absolute Gasteiger partial charge is 0.490 e. The van der Waals surface area contributed by atoms with Crippen molar-refractivity contribution in [3.05, 3.63) is 48.2 Å². The first-order valence-electron chi connectivity index (χ1n) is 9.55. The molecular weight excluding hydrogens is 372 g/mol. The minimum atomic E-state index is 0.534. The van der Waals surface area contributed by atoms with Gasteiger partial charge in [-0.15, -0.1) is 0 Å². The van der Waals surface area contributed by atoms with Crippen molar-refractivity contribution in [2.45, 2.75) is 26.3 Å². The fourth-order valence-electron chi connectivity index (χ4n) is 2.48. The number of aliphatic imine (C=N–C) groups is 1. The number of nitrogens with zero attached hydrogens (tertiary/aromatic N) is 2. The SMILES string of the molecule is CCOc1ccccc1Oc1ccc(CNC(=NC)NCCCCSC)cn1. The minimum absolute atomic E-state index is 0.534. The molecule has 0 fully saturated rings. The van der Waals surface area contributed by atoms with Gasteiger partial charge in [0.2, 0.25) is 5.88 Å². The number of rotatable bonds is 11. The molecule has 1 heterocycles. The number of aromatic nitrogens is 1. The predicted molar refractivity (Wildman–Crippen MR) is 118 cm³/mol. The van der Waals surface area contributed by atoms with Crippen molar-refractivity contribution in [1.29, 1.82) is 0 Å². The van der Waals surface area contributed by atoms with Crippen LogP contribution in [0.3, 0.4) is 0 Å². The molecule has 0 bridgehead atoms. The van der Waals surface area contributed by atoms with Crippen LogP contribution < -0.4 is 20.1 Å². The molecule has 0 radical (unpaired) electrons. The zero-order chi connectivity index (χ0) is 20.0. The van der Waals surface area contributed by atoms with E-state index >= 15 is 0 Å². The Morgan fingerprint density at radius 1 is 1.11 bits per heavy atom. The van der Waals surface area contributed by atoms with Gasteiger partial charge in [0.15, 0.2) is 17.5 Å². The van der Waals surface area contributed by atoms with Crippen LogP contribution in [0.25, 0.3) is 0 Å². The van der Waals surface area contributed by atoms with Crippen molar-refractivity contribution in [1.82, 2.24) is 15.6 Å². The monoisotopic (exact) mass is 402 g/mol. The Bertz CT molecular complexity index is 723. The van der Waals surface area contributed by atoms with E-state index in [0.29, 0.717) is 30.5 Å². The molecule has 28 heavy (non-hydrogen) atoms. The van der Waals surface area contributed by atoms with Crippen molar-refractivity contribution in [2.24, 2.45) is 4.99 Å². The Labute approximate surface area is 172 Å². The summed E-state index contributed by atoms with van der Waals surface area (Å²) in [4.78, 5) is 8.65. The molecule has 1 aromatic heterocycles. The van der Waals surface area contributed by atoms with Gasteiger partial charge in [0.25, 0.3) is 0 Å². The topological polar surface area (TPSA) is 67.8 Å². The third-order valence-electron chi connectivity index (χ3n) is 3.91. The number of pyridine rings is 1. The van der Waals surface area contributed by atoms with Crippen LogP contribution in [0.1, 0.15) is 25.3 Å². The van der Waals surface area contributed by atoms with Gasteiger partial charge in [0, 0.05) is 32.4 Å². The summed E-state index contributed by atoms with van der Waals surface area (Å²) in [5, 5.41) is 6.64. The molecule has 0 saturated carbocycles. The van der Waals surface area contributed by atoms with Gasteiger partial charge < -0.3 is 20.1 Å². The molecule has 0 amide bonds. The summed E-state index contributed by atoms with van der Waals surface area (Å²) in [6.07, 6.45) is 6.29. The Hall–Kier alpha value is -2.41. The van der Waals surface area contributed by atoms with Gasteiger partial charge in [-0.3, -0.25) is 4.99 Å². The van der Waals surface area contributed by atoms with E-state index in [-0.39, 0.29) is 0 Å². The highest BCUT2D eigenvalue weighted by Gasteiger charge is 2.06. The van der Waals surface area contributed by atoms with Crippen molar-refractivity contribution >= 4 is 17.7 Å². The van der Waals surface area contributed by atoms with Gasteiger partial charge in [0.05, 0.1) is 6.61 Å². The fourth-order valence-corrected chi connectivity index (χ4v) is 2.98. The summed E-state index contributed by atoms with van der Waals surface area (Å²) in [5.41, 5.74) is 1.05. The highest BCUT2D eigenvalue weighted by atomic mass is 32.2. The molecule has 6 nitrogen and oxygen atoms in total. The van der Waals surface area contributed by atoms with Gasteiger partial charge in [-0.1, -0.05) is 18.2 Å². The maximum atomic E-state index is 5.85. The van der Waals surface area contributed by atoms with Gasteiger partial charge in [-0.25, -0.2) is 4.98 Å². The summed E-state index contributed by atoms with van der Waals surface area (Å²) in [6.45, 7) is 4.10. The maximum Gasteiger partial charge on any atom is 0.219 e. The van der Waals surface area contributed by atoms with Crippen LogP contribution in [-0.2, 0) is 6.54 Å². The zero-order valence-corrected chi connectivity index (χ0v) is 17.7. The molecule has 0 spiro atoms. The van der Waals surface area contributed by atoms with Gasteiger partial charge in [-0.2, -0.15) is 11.8 Å². The number of hydrogen-bond donors (Lipinski definition) is 2. The Morgan fingerprint density at radius 2 is 1.93 bits per heavy atom. The highest BCUT2D eigenvalue weighted by molar-refractivity contribution is 7.98. The smallest absolute Gasteiger partial charge is 0.219 e. The normalized spacial score (nSPS) is 11.2. The lowest BCUT2D eigenvalue weighted by molar-refractivity contribution is 0.319. The molecule has 152 valence electrons. The summed E-state index contributed by atoms with van der Waals surface area (Å²) < 4.78 is 11.4. The number of nitrogens with one attached hydrogen (secondary N) is 2. The second-order valence-electron chi connectivity index (χ2n) is 6.04. The first-order chi connectivity index (χ1) is 13.8. The van der Waals surface area contributed by atoms with Crippen LogP contribution in [0.2, 0.25) is 0 Å². The van der Waals surface area contributed by atoms with Crippen molar-refractivity contribution in [2.75, 3.05) is 32.2 Å². The van der Waals surface area contributed by atoms with E-state index < -0.39 is 0 Å². The average Bonchev–Trinajstić information content (AvgIpc) is 2.73. The van der Waals surface area contributed by atoms with Crippen LogP contribution >= 0.6 is 11.8 Å². The fraction of sp³-hybridized carbons (Fsp3) is 0.429. The van der Waals surface area contributed by atoms with E-state index in [0.717, 1.165) is 24.5 Å². The van der Waals surface area contributed by atoms with Gasteiger partial charge in [-0.05, 0) is 49.5 Å². The molecule has 0 aliphatic carbocycles. The Morgan fingerprint density at radius 3 is 2.61 bits per heavy atom. The molecule has 2 N–H and O–H groups in total. The third-order valence-corrected chi connectivity index (χ3v) is 4.61. The molecule has 2 rings (SSSR count). The van der Waals surface area contributed by atoms with Gasteiger partial charge >= 0.3 is 0 Å². The maximum absolute atomic E-state index is 5.85. The molecular formula is C21H30N4O2S. The minimum Gasteiger partial charge on any atom is -0.490 e. The van der Waals surface area contributed by atoms with Crippen molar-refractivity contribution in [3.8, 4) is 17.4 Å². The quantitative estimate of drug-likeness (QED) is 0.335. The first kappa shape index (κ1) is 21.9. The summed E-state index contributed by atoms with van der Waals surface area (Å²) in [7, 11) is 1.78. The van der Waals surface area contributed by atoms with E-state index in [1.807, 2.05) is 55.1 Å². The van der Waals surface area contributed by atoms with Crippen LogP contribution in [0.15, 0.2) is 47.6 Å². The predicted octanol–water partition coefficient (Wildman–Crippen LogP) is 4.08. The van der Waals surface area contributed by atoms with Crippen molar-refractivity contribution < 1.29 is 9.47 Å². The van der Waals surface area contributed by atoms with E-state index in [4.69, 9.17) is 9.47 Å². The van der Waals surface area contributed by atoms with Crippen molar-refractivity contribution in [3.63, 3.8) is 0 Å². The number of para-hydroxylation sites is 2. The summed E-state index contributed by atoms with van der Waals surface area (Å²) >= 11 is 1.88. The number of ether oxygens (including phenoxy) is 2. The van der Waals surface area contributed by atoms with E-state index in [1.54, 1.807) is 13.2 Å². The molecule has 2 aromatic rings. The second-order valence-corrected chi connectivity index (χ2v) is 7.02. The number of hydrogen-bond acceptors (Lipinski definition) is 5. The summed E-state index contributed by atoms with van der Waals surface area (Å²) in [6, 6.07) is 11.4. The summed E-state index contributed by atoms with van der Waals surface area (Å²) in [5.74, 6) is 3.91. The lowest BCUT2D eigenvalue weighted by atomic mass is 10.3. The van der Waals surface area contributed by atoms with E-state index in [9.17, 15) is 0 Å². The van der Waals surface area contributed by atoms with Crippen LogP contribution in [0, 0.1) is 0 Å². The molecule has 7 heteroatoms. The molecule has 0 unspecified atom stereocenters. The molecule has 1 aromatic carbocycles. The second kappa shape index (κ2) is 12.9. The molecule has 0 aliphatic rings. The zero-order valence-electron chi connectivity index (χ0n) is 16.9. The Kier molecular flexibility index (Phi) is 10.1. The van der Waals surface area contributed by atoms with Crippen LogP contribution in [0.5, 0.6) is 17.4 Å². The number of benzene rings is 1. The van der Waals surface area contributed by atoms with Gasteiger partial charge in [0.1, 0.15) is 0 Å². The van der Waals surface area contributed by atoms with Crippen LogP contribution in [-0.4, -0.2) is 43.2 Å². The van der Waals surface area contributed by atoms with E-state index in [2.05, 4.69) is 26.9 Å². The highest BCUT2D eigenvalue weighted by Crippen LogP contribution is 2.30. The molecule has 0 aliphatic heterocycles. The number of guanidine groups is 1. The lowest BCUT2D eigenvalue weighted by Crippen LogP contribution is -2.37. The molecule has 0 atom stereocenters. The third kappa shape index (κ3) is 7.68. The van der Waals surface area contributed by atoms with Crippen LogP contribution in [0.4, 0.5) is 0 Å².